The summed E-state index contributed by atoms with van der Waals surface area (Å²) in [6.45, 7) is 6.02. The van der Waals surface area contributed by atoms with Gasteiger partial charge in [0.15, 0.2) is 5.79 Å². The van der Waals surface area contributed by atoms with Crippen LogP contribution in [-0.4, -0.2) is 24.9 Å². The molecule has 4 nitrogen and oxygen atoms in total. The summed E-state index contributed by atoms with van der Waals surface area (Å²) in [5, 5.41) is 0. The van der Waals surface area contributed by atoms with E-state index in [0.29, 0.717) is 13.2 Å². The average molecular weight is 173 g/mol. The molecule has 1 amide bonds. The Balaban J connectivity index is 2.62. The Morgan fingerprint density at radius 3 is 2.00 bits per heavy atom. The quantitative estimate of drug-likeness (QED) is 0.618. The SMILES string of the molecule is CC1(C)OCC(C)(C(N)=O)CO1. The fourth-order valence-electron chi connectivity index (χ4n) is 0.892. The fourth-order valence-corrected chi connectivity index (χ4v) is 0.892. The lowest BCUT2D eigenvalue weighted by Gasteiger charge is -2.39. The molecule has 0 atom stereocenters. The van der Waals surface area contributed by atoms with Crippen molar-refractivity contribution in [3.05, 3.63) is 0 Å². The Morgan fingerprint density at radius 1 is 1.25 bits per heavy atom. The summed E-state index contributed by atoms with van der Waals surface area (Å²) >= 11 is 0. The molecule has 1 saturated heterocycles. The molecule has 0 radical (unpaired) electrons. The largest absolute Gasteiger partial charge is 0.369 e. The third kappa shape index (κ3) is 1.76. The average Bonchev–Trinajstić information content (AvgIpc) is 1.96. The van der Waals surface area contributed by atoms with E-state index in [2.05, 4.69) is 0 Å². The minimum absolute atomic E-state index is 0.329. The Bertz CT molecular complexity index is 190. The van der Waals surface area contributed by atoms with E-state index in [-0.39, 0.29) is 5.91 Å². The summed E-state index contributed by atoms with van der Waals surface area (Å²) in [5.74, 6) is -0.965. The van der Waals surface area contributed by atoms with Crippen molar-refractivity contribution in [3.8, 4) is 0 Å². The maximum atomic E-state index is 10.9. The highest BCUT2D eigenvalue weighted by molar-refractivity contribution is 5.80. The van der Waals surface area contributed by atoms with Crippen LogP contribution in [-0.2, 0) is 14.3 Å². The molecule has 2 N–H and O–H groups in total. The number of rotatable bonds is 1. The number of carbonyl (C=O) groups is 1. The van der Waals surface area contributed by atoms with Gasteiger partial charge in [0.05, 0.1) is 18.6 Å². The minimum Gasteiger partial charge on any atom is -0.369 e. The number of nitrogens with two attached hydrogens (primary N) is 1. The van der Waals surface area contributed by atoms with Crippen LogP contribution >= 0.6 is 0 Å². The number of ether oxygens (including phenoxy) is 2. The molecule has 1 aliphatic rings. The maximum Gasteiger partial charge on any atom is 0.228 e. The molecule has 70 valence electrons. The molecule has 0 aliphatic carbocycles. The van der Waals surface area contributed by atoms with Gasteiger partial charge in [-0.15, -0.1) is 0 Å². The van der Waals surface area contributed by atoms with Gasteiger partial charge in [0.25, 0.3) is 0 Å². The highest BCUT2D eigenvalue weighted by Crippen LogP contribution is 2.28. The van der Waals surface area contributed by atoms with Crippen molar-refractivity contribution in [2.45, 2.75) is 26.6 Å². The number of hydrogen-bond acceptors (Lipinski definition) is 3. The third-order valence-corrected chi connectivity index (χ3v) is 2.07. The second-order valence-corrected chi connectivity index (χ2v) is 3.90. The van der Waals surface area contributed by atoms with Crippen molar-refractivity contribution in [3.63, 3.8) is 0 Å². The van der Waals surface area contributed by atoms with E-state index in [1.54, 1.807) is 6.92 Å². The van der Waals surface area contributed by atoms with E-state index in [1.807, 2.05) is 13.8 Å². The molecule has 0 aromatic heterocycles. The van der Waals surface area contributed by atoms with Crippen molar-refractivity contribution >= 4 is 5.91 Å². The van der Waals surface area contributed by atoms with Gasteiger partial charge in [0.2, 0.25) is 5.91 Å². The Morgan fingerprint density at radius 2 is 1.67 bits per heavy atom. The third-order valence-electron chi connectivity index (χ3n) is 2.07. The van der Waals surface area contributed by atoms with E-state index >= 15 is 0 Å². The zero-order valence-electron chi connectivity index (χ0n) is 7.72. The predicted molar refractivity (Wildman–Crippen MR) is 43.3 cm³/mol. The van der Waals surface area contributed by atoms with Crippen LogP contribution in [0.25, 0.3) is 0 Å². The lowest BCUT2D eigenvalue weighted by molar-refractivity contribution is -0.276. The molecule has 0 unspecified atom stereocenters. The summed E-state index contributed by atoms with van der Waals surface area (Å²) in [5.41, 5.74) is 4.52. The lowest BCUT2D eigenvalue weighted by Crippen LogP contribution is -2.51. The van der Waals surface area contributed by atoms with Crippen LogP contribution in [0.2, 0.25) is 0 Å². The van der Waals surface area contributed by atoms with Gasteiger partial charge in [0, 0.05) is 0 Å². The van der Waals surface area contributed by atoms with Crippen LogP contribution in [0.15, 0.2) is 0 Å². The van der Waals surface area contributed by atoms with E-state index in [1.165, 1.54) is 0 Å². The van der Waals surface area contributed by atoms with Gasteiger partial charge < -0.3 is 15.2 Å². The van der Waals surface area contributed by atoms with Crippen molar-refractivity contribution in [1.29, 1.82) is 0 Å². The molecule has 4 heteroatoms. The summed E-state index contributed by atoms with van der Waals surface area (Å²) in [6, 6.07) is 0. The number of hydrogen-bond donors (Lipinski definition) is 1. The summed E-state index contributed by atoms with van der Waals surface area (Å²) < 4.78 is 10.6. The normalized spacial score (nSPS) is 26.6. The van der Waals surface area contributed by atoms with E-state index in [9.17, 15) is 4.79 Å². The Hall–Kier alpha value is -0.610. The fraction of sp³-hybridized carbons (Fsp3) is 0.875. The molecule has 0 aromatic rings. The molecule has 0 saturated carbocycles. The van der Waals surface area contributed by atoms with E-state index < -0.39 is 11.2 Å². The minimum atomic E-state index is -0.671. The first-order valence-corrected chi connectivity index (χ1v) is 3.94. The van der Waals surface area contributed by atoms with Crippen LogP contribution in [0.5, 0.6) is 0 Å². The Kier molecular flexibility index (Phi) is 2.14. The zero-order chi connectivity index (χ0) is 9.41. The van der Waals surface area contributed by atoms with Crippen LogP contribution < -0.4 is 5.73 Å². The standard InChI is InChI=1S/C8H15NO3/c1-7(2)11-4-8(3,5-12-7)6(9)10/h4-5H2,1-3H3,(H2,9,10). The van der Waals surface area contributed by atoms with Crippen LogP contribution in [0.1, 0.15) is 20.8 Å². The van der Waals surface area contributed by atoms with Crippen molar-refractivity contribution < 1.29 is 14.3 Å². The molecule has 1 aliphatic heterocycles. The van der Waals surface area contributed by atoms with Gasteiger partial charge in [0.1, 0.15) is 0 Å². The smallest absolute Gasteiger partial charge is 0.228 e. The van der Waals surface area contributed by atoms with Crippen LogP contribution in [0.4, 0.5) is 0 Å². The van der Waals surface area contributed by atoms with Gasteiger partial charge in [-0.25, -0.2) is 0 Å². The summed E-state index contributed by atoms with van der Waals surface area (Å²) in [7, 11) is 0. The highest BCUT2D eigenvalue weighted by Gasteiger charge is 2.40. The van der Waals surface area contributed by atoms with Gasteiger partial charge in [-0.05, 0) is 20.8 Å². The molecule has 0 aromatic carbocycles. The second-order valence-electron chi connectivity index (χ2n) is 3.90. The summed E-state index contributed by atoms with van der Waals surface area (Å²) in [6.07, 6.45) is 0. The van der Waals surface area contributed by atoms with E-state index in [0.717, 1.165) is 0 Å². The molecule has 1 fully saturated rings. The first-order chi connectivity index (χ1) is 5.36. The first-order valence-electron chi connectivity index (χ1n) is 3.94. The zero-order valence-corrected chi connectivity index (χ0v) is 7.72. The van der Waals surface area contributed by atoms with Gasteiger partial charge in [-0.1, -0.05) is 0 Å². The number of primary amides is 1. The van der Waals surface area contributed by atoms with Crippen molar-refractivity contribution in [1.82, 2.24) is 0 Å². The van der Waals surface area contributed by atoms with Crippen molar-refractivity contribution in [2.24, 2.45) is 11.1 Å². The molecular formula is C8H15NO3. The van der Waals surface area contributed by atoms with Crippen LogP contribution in [0, 0.1) is 5.41 Å². The monoisotopic (exact) mass is 173 g/mol. The molecule has 1 heterocycles. The van der Waals surface area contributed by atoms with Crippen molar-refractivity contribution in [2.75, 3.05) is 13.2 Å². The van der Waals surface area contributed by atoms with Gasteiger partial charge >= 0.3 is 0 Å². The van der Waals surface area contributed by atoms with Gasteiger partial charge in [-0.3, -0.25) is 4.79 Å². The topological polar surface area (TPSA) is 61.5 Å². The number of carbonyl (C=O) groups excluding carboxylic acids is 1. The molecule has 12 heavy (non-hydrogen) atoms. The molecule has 0 spiro atoms. The second kappa shape index (κ2) is 2.71. The Labute approximate surface area is 72.0 Å². The molecule has 0 bridgehead atoms. The van der Waals surface area contributed by atoms with Gasteiger partial charge in [-0.2, -0.15) is 0 Å². The molecular weight excluding hydrogens is 158 g/mol. The lowest BCUT2D eigenvalue weighted by atomic mass is 9.91. The highest BCUT2D eigenvalue weighted by atomic mass is 16.7. The van der Waals surface area contributed by atoms with Crippen LogP contribution in [0.3, 0.4) is 0 Å². The first kappa shape index (κ1) is 9.48. The summed E-state index contributed by atoms with van der Waals surface area (Å²) in [4.78, 5) is 10.9. The van der Waals surface area contributed by atoms with E-state index in [4.69, 9.17) is 15.2 Å². The predicted octanol–water partition coefficient (Wildman–Crippen LogP) is 0.261. The molecule has 1 rings (SSSR count). The maximum absolute atomic E-state index is 10.9. The number of amides is 1.